The lowest BCUT2D eigenvalue weighted by Crippen LogP contribution is -2.30. The lowest BCUT2D eigenvalue weighted by Gasteiger charge is -2.22. The van der Waals surface area contributed by atoms with Gasteiger partial charge in [-0.05, 0) is 31.4 Å². The fraction of sp³-hybridized carbons (Fsp3) is 0.571. The number of nitro groups is 1. The highest BCUT2D eigenvalue weighted by Gasteiger charge is 2.35. The third kappa shape index (κ3) is 4.17. The molecule has 8 heteroatoms. The van der Waals surface area contributed by atoms with E-state index in [4.69, 9.17) is 0 Å². The Labute approximate surface area is 125 Å². The number of hydrogen-bond donors (Lipinski definition) is 1. The summed E-state index contributed by atoms with van der Waals surface area (Å²) in [6, 6.07) is 2.75. The average molecular weight is 318 g/mol. The quantitative estimate of drug-likeness (QED) is 0.647. The molecule has 1 atom stereocenters. The highest BCUT2D eigenvalue weighted by molar-refractivity contribution is 5.41. The summed E-state index contributed by atoms with van der Waals surface area (Å²) in [5, 5.41) is 20.5. The van der Waals surface area contributed by atoms with Gasteiger partial charge in [0, 0.05) is 25.2 Å². The highest BCUT2D eigenvalue weighted by Crippen LogP contribution is 2.35. The average Bonchev–Trinajstić information content (AvgIpc) is 3.21. The number of rotatable bonds is 6. The number of aliphatic hydroxyl groups is 1. The van der Waals surface area contributed by atoms with Gasteiger partial charge in [0.1, 0.15) is 0 Å². The minimum Gasteiger partial charge on any atom is -0.392 e. The summed E-state index contributed by atoms with van der Waals surface area (Å²) >= 11 is 0. The van der Waals surface area contributed by atoms with E-state index in [9.17, 15) is 28.4 Å². The maximum absolute atomic E-state index is 13.1. The molecular formula is C14H17F3N2O3. The number of benzene rings is 1. The van der Waals surface area contributed by atoms with Gasteiger partial charge in [-0.25, -0.2) is 0 Å². The molecule has 5 nitrogen and oxygen atoms in total. The molecule has 1 saturated carbocycles. The van der Waals surface area contributed by atoms with Crippen LogP contribution < -0.4 is 0 Å². The zero-order valence-corrected chi connectivity index (χ0v) is 12.0. The van der Waals surface area contributed by atoms with E-state index in [0.717, 1.165) is 25.0 Å². The van der Waals surface area contributed by atoms with Crippen LogP contribution in [0.15, 0.2) is 18.2 Å². The third-order valence-corrected chi connectivity index (χ3v) is 3.71. The van der Waals surface area contributed by atoms with Crippen molar-refractivity contribution in [2.75, 3.05) is 13.6 Å². The molecule has 0 saturated heterocycles. The van der Waals surface area contributed by atoms with Crippen LogP contribution in [0.25, 0.3) is 0 Å². The first-order valence-corrected chi connectivity index (χ1v) is 6.89. The normalized spacial score (nSPS) is 16.8. The molecule has 0 heterocycles. The summed E-state index contributed by atoms with van der Waals surface area (Å²) in [4.78, 5) is 11.4. The van der Waals surface area contributed by atoms with Crippen molar-refractivity contribution in [2.45, 2.75) is 31.7 Å². The van der Waals surface area contributed by atoms with E-state index in [0.29, 0.717) is 6.07 Å². The summed E-state index contributed by atoms with van der Waals surface area (Å²) < 4.78 is 39.2. The molecule has 2 rings (SSSR count). The lowest BCUT2D eigenvalue weighted by atomic mass is 10.1. The van der Waals surface area contributed by atoms with E-state index in [2.05, 4.69) is 0 Å². The standard InChI is InChI=1S/C14H17F3N2O3/c1-18(8-13(20)9-2-3-9)7-10-4-5-11(19(21)22)6-12(10)14(15,16)17/h4-6,9,13,20H,2-3,7-8H2,1H3. The van der Waals surface area contributed by atoms with Crippen molar-refractivity contribution < 1.29 is 23.2 Å². The van der Waals surface area contributed by atoms with Crippen LogP contribution in [0.1, 0.15) is 24.0 Å². The molecule has 0 bridgehead atoms. The van der Waals surface area contributed by atoms with Crippen LogP contribution in [0.5, 0.6) is 0 Å². The van der Waals surface area contributed by atoms with Crippen LogP contribution in [0.2, 0.25) is 0 Å². The van der Waals surface area contributed by atoms with Crippen LogP contribution in [0.3, 0.4) is 0 Å². The Morgan fingerprint density at radius 1 is 1.45 bits per heavy atom. The fourth-order valence-corrected chi connectivity index (χ4v) is 2.38. The van der Waals surface area contributed by atoms with Gasteiger partial charge in [-0.2, -0.15) is 13.2 Å². The smallest absolute Gasteiger partial charge is 0.392 e. The first-order chi connectivity index (χ1) is 10.2. The summed E-state index contributed by atoms with van der Waals surface area (Å²) in [7, 11) is 1.62. The van der Waals surface area contributed by atoms with Crippen molar-refractivity contribution in [3.8, 4) is 0 Å². The number of nitrogens with zero attached hydrogens (tertiary/aromatic N) is 2. The minimum absolute atomic E-state index is 0.0311. The van der Waals surface area contributed by atoms with Crippen molar-refractivity contribution in [2.24, 2.45) is 5.92 Å². The Hall–Kier alpha value is -1.67. The van der Waals surface area contributed by atoms with E-state index < -0.39 is 28.5 Å². The van der Waals surface area contributed by atoms with Gasteiger partial charge in [-0.1, -0.05) is 6.07 Å². The molecule has 1 fully saturated rings. The van der Waals surface area contributed by atoms with Crippen molar-refractivity contribution in [3.05, 3.63) is 39.4 Å². The number of nitro benzene ring substituents is 1. The molecule has 22 heavy (non-hydrogen) atoms. The minimum atomic E-state index is -4.66. The molecule has 0 aliphatic heterocycles. The molecule has 0 spiro atoms. The summed E-state index contributed by atoms with van der Waals surface area (Å²) in [6.45, 7) is 0.246. The molecule has 1 aromatic carbocycles. The molecule has 0 amide bonds. The van der Waals surface area contributed by atoms with Gasteiger partial charge in [0.15, 0.2) is 0 Å². The maximum atomic E-state index is 13.1. The van der Waals surface area contributed by atoms with Crippen molar-refractivity contribution in [1.82, 2.24) is 4.90 Å². The number of likely N-dealkylation sites (N-methyl/N-ethyl adjacent to an activating group) is 1. The molecule has 0 radical (unpaired) electrons. The molecule has 1 aromatic rings. The molecule has 1 N–H and O–H groups in total. The van der Waals surface area contributed by atoms with Gasteiger partial charge in [-0.3, -0.25) is 15.0 Å². The van der Waals surface area contributed by atoms with E-state index in [1.165, 1.54) is 0 Å². The second-order valence-electron chi connectivity index (χ2n) is 5.70. The Kier molecular flexibility index (Phi) is 4.72. The molecule has 1 aliphatic rings. The van der Waals surface area contributed by atoms with Gasteiger partial charge in [0.05, 0.1) is 16.6 Å². The van der Waals surface area contributed by atoms with Crippen LogP contribution in [0, 0.1) is 16.0 Å². The second-order valence-corrected chi connectivity index (χ2v) is 5.70. The topological polar surface area (TPSA) is 66.6 Å². The van der Waals surface area contributed by atoms with Crippen molar-refractivity contribution in [1.29, 1.82) is 0 Å². The molecular weight excluding hydrogens is 301 g/mol. The van der Waals surface area contributed by atoms with Crippen LogP contribution in [-0.4, -0.2) is 34.6 Å². The maximum Gasteiger partial charge on any atom is 0.416 e. The SMILES string of the molecule is CN(Cc1ccc([N+](=O)[O-])cc1C(F)(F)F)CC(O)C1CC1. The summed E-state index contributed by atoms with van der Waals surface area (Å²) in [5.74, 6) is 0.237. The summed E-state index contributed by atoms with van der Waals surface area (Å²) in [6.07, 6.45) is -3.31. The molecule has 122 valence electrons. The van der Waals surface area contributed by atoms with Gasteiger partial charge in [0.25, 0.3) is 5.69 Å². The first kappa shape index (κ1) is 16.7. The van der Waals surface area contributed by atoms with Crippen LogP contribution >= 0.6 is 0 Å². The number of hydrogen-bond acceptors (Lipinski definition) is 4. The van der Waals surface area contributed by atoms with Crippen molar-refractivity contribution >= 4 is 5.69 Å². The van der Waals surface area contributed by atoms with E-state index in [1.807, 2.05) is 0 Å². The van der Waals surface area contributed by atoms with Gasteiger partial charge in [0.2, 0.25) is 0 Å². The Morgan fingerprint density at radius 2 is 2.09 bits per heavy atom. The molecule has 1 aliphatic carbocycles. The zero-order valence-electron chi connectivity index (χ0n) is 12.0. The van der Waals surface area contributed by atoms with Gasteiger partial charge >= 0.3 is 6.18 Å². The van der Waals surface area contributed by atoms with Gasteiger partial charge in [-0.15, -0.1) is 0 Å². The number of aliphatic hydroxyl groups excluding tert-OH is 1. The second kappa shape index (κ2) is 6.21. The summed E-state index contributed by atoms with van der Waals surface area (Å²) in [5.41, 5.74) is -1.63. The van der Waals surface area contributed by atoms with E-state index in [-0.39, 0.29) is 24.6 Å². The largest absolute Gasteiger partial charge is 0.416 e. The van der Waals surface area contributed by atoms with Crippen LogP contribution in [-0.2, 0) is 12.7 Å². The zero-order chi connectivity index (χ0) is 16.5. The number of non-ortho nitro benzene ring substituents is 1. The molecule has 0 aromatic heterocycles. The predicted molar refractivity (Wildman–Crippen MR) is 73.2 cm³/mol. The third-order valence-electron chi connectivity index (χ3n) is 3.71. The van der Waals surface area contributed by atoms with Crippen LogP contribution in [0.4, 0.5) is 18.9 Å². The fourth-order valence-electron chi connectivity index (χ4n) is 2.38. The van der Waals surface area contributed by atoms with Crippen molar-refractivity contribution in [3.63, 3.8) is 0 Å². The first-order valence-electron chi connectivity index (χ1n) is 6.89. The number of halogens is 3. The Bertz CT molecular complexity index is 559. The predicted octanol–water partition coefficient (Wildman–Crippen LogP) is 2.82. The van der Waals surface area contributed by atoms with E-state index >= 15 is 0 Å². The molecule has 1 unspecified atom stereocenters. The van der Waals surface area contributed by atoms with E-state index in [1.54, 1.807) is 11.9 Å². The van der Waals surface area contributed by atoms with Gasteiger partial charge < -0.3 is 5.11 Å². The monoisotopic (exact) mass is 318 g/mol. The highest BCUT2D eigenvalue weighted by atomic mass is 19.4. The Balaban J connectivity index is 2.16. The Morgan fingerprint density at radius 3 is 2.59 bits per heavy atom. The number of alkyl halides is 3. The lowest BCUT2D eigenvalue weighted by molar-refractivity contribution is -0.385.